The summed E-state index contributed by atoms with van der Waals surface area (Å²) in [5, 5.41) is 0.299. The minimum Gasteiger partial charge on any atom is -0.420 e. The maximum absolute atomic E-state index is 12.5. The number of aliphatic imine (C=N–C) groups is 1. The van der Waals surface area contributed by atoms with Gasteiger partial charge < -0.3 is 9.47 Å². The molecule has 1 heterocycles. The zero-order valence-corrected chi connectivity index (χ0v) is 23.0. The monoisotopic (exact) mass is 699 g/mol. The first-order valence-electron chi connectivity index (χ1n) is 9.48. The molecular formula is C24H13Br2ClINO4. The standard InChI is InChI=1S/C24H13Br2ClINO4/c1-12-8-14(6-7-19(12)28)22-29-20(24(31)33-22)11-13-9-16(25)21(17(26)10-13)32-23(30)15-4-2-3-5-18(15)27/h2-11H,1H3/b20-11-. The Morgan fingerprint density at radius 1 is 1.12 bits per heavy atom. The van der Waals surface area contributed by atoms with Crippen LogP contribution in [0.5, 0.6) is 5.75 Å². The number of aryl methyl sites for hydroxylation is 1. The molecule has 0 unspecified atom stereocenters. The van der Waals surface area contributed by atoms with E-state index in [1.165, 1.54) is 0 Å². The Hall–Kier alpha value is -2.01. The molecule has 4 rings (SSSR count). The summed E-state index contributed by atoms with van der Waals surface area (Å²) in [6.07, 6.45) is 1.60. The van der Waals surface area contributed by atoms with Gasteiger partial charge in [-0.15, -0.1) is 0 Å². The molecule has 0 radical (unpaired) electrons. The minimum atomic E-state index is -0.588. The number of nitrogens with zero attached hydrogens (tertiary/aromatic N) is 1. The number of benzene rings is 3. The summed E-state index contributed by atoms with van der Waals surface area (Å²) >= 11 is 15.2. The molecule has 1 aliphatic heterocycles. The molecule has 0 spiro atoms. The number of halogens is 4. The number of cyclic esters (lactones) is 1. The number of carbonyl (C=O) groups is 2. The molecule has 0 fully saturated rings. The molecule has 3 aromatic rings. The SMILES string of the molecule is Cc1cc(C2=N/C(=C\c3cc(Br)c(OC(=O)c4ccccc4Cl)c(Br)c3)C(=O)O2)ccc1I. The van der Waals surface area contributed by atoms with E-state index >= 15 is 0 Å². The van der Waals surface area contributed by atoms with Crippen LogP contribution >= 0.6 is 66.1 Å². The van der Waals surface area contributed by atoms with E-state index in [-0.39, 0.29) is 22.9 Å². The largest absolute Gasteiger partial charge is 0.420 e. The topological polar surface area (TPSA) is 65.0 Å². The summed E-state index contributed by atoms with van der Waals surface area (Å²) in [7, 11) is 0. The number of hydrogen-bond acceptors (Lipinski definition) is 5. The summed E-state index contributed by atoms with van der Waals surface area (Å²) in [5.74, 6) is -0.582. The maximum Gasteiger partial charge on any atom is 0.363 e. The molecule has 3 aromatic carbocycles. The van der Waals surface area contributed by atoms with Crippen molar-refractivity contribution in [1.29, 1.82) is 0 Å². The van der Waals surface area contributed by atoms with Crippen LogP contribution in [0.2, 0.25) is 5.02 Å². The van der Waals surface area contributed by atoms with Crippen molar-refractivity contribution in [2.45, 2.75) is 6.92 Å². The van der Waals surface area contributed by atoms with Crippen LogP contribution in [0, 0.1) is 10.5 Å². The lowest BCUT2D eigenvalue weighted by Crippen LogP contribution is -2.10. The molecule has 1 aliphatic rings. The lowest BCUT2D eigenvalue weighted by atomic mass is 10.1. The molecule has 0 N–H and O–H groups in total. The predicted molar refractivity (Wildman–Crippen MR) is 143 cm³/mol. The average Bonchev–Trinajstić information content (AvgIpc) is 3.13. The smallest absolute Gasteiger partial charge is 0.363 e. The number of rotatable bonds is 4. The van der Waals surface area contributed by atoms with Crippen molar-refractivity contribution < 1.29 is 19.1 Å². The van der Waals surface area contributed by atoms with Crippen molar-refractivity contribution in [3.8, 4) is 5.75 Å². The zero-order chi connectivity index (χ0) is 23.7. The summed E-state index contributed by atoms with van der Waals surface area (Å²) in [4.78, 5) is 29.3. The zero-order valence-electron chi connectivity index (χ0n) is 16.9. The molecule has 166 valence electrons. The Labute approximate surface area is 225 Å². The fourth-order valence-electron chi connectivity index (χ4n) is 3.00. The van der Waals surface area contributed by atoms with Crippen LogP contribution in [0.25, 0.3) is 6.08 Å². The van der Waals surface area contributed by atoms with E-state index < -0.39 is 11.9 Å². The van der Waals surface area contributed by atoms with Gasteiger partial charge in [-0.05, 0) is 121 Å². The third-order valence-corrected chi connectivity index (χ3v) is 7.36. The minimum absolute atomic E-state index is 0.167. The fraction of sp³-hybridized carbons (Fsp3) is 0.0417. The molecule has 0 aromatic heterocycles. The van der Waals surface area contributed by atoms with Crippen molar-refractivity contribution >= 4 is 90.0 Å². The van der Waals surface area contributed by atoms with Gasteiger partial charge >= 0.3 is 11.9 Å². The quantitative estimate of drug-likeness (QED) is 0.124. The molecule has 9 heteroatoms. The Kier molecular flexibility index (Phi) is 7.37. The van der Waals surface area contributed by atoms with Crippen molar-refractivity contribution in [2.75, 3.05) is 0 Å². The van der Waals surface area contributed by atoms with Crippen LogP contribution in [0.1, 0.15) is 27.0 Å². The molecule has 0 saturated carbocycles. The van der Waals surface area contributed by atoms with E-state index in [2.05, 4.69) is 59.4 Å². The van der Waals surface area contributed by atoms with Gasteiger partial charge in [0.1, 0.15) is 0 Å². The van der Waals surface area contributed by atoms with E-state index in [1.807, 2.05) is 25.1 Å². The molecule has 0 saturated heterocycles. The Morgan fingerprint density at radius 2 is 1.82 bits per heavy atom. The summed E-state index contributed by atoms with van der Waals surface area (Å²) in [6, 6.07) is 15.8. The van der Waals surface area contributed by atoms with Crippen LogP contribution in [-0.2, 0) is 9.53 Å². The van der Waals surface area contributed by atoms with Crippen LogP contribution in [0.3, 0.4) is 0 Å². The highest BCUT2D eigenvalue weighted by Gasteiger charge is 2.25. The first-order valence-corrected chi connectivity index (χ1v) is 12.5. The molecule has 0 atom stereocenters. The Balaban J connectivity index is 1.60. The number of ether oxygens (including phenoxy) is 2. The number of esters is 2. The second-order valence-corrected chi connectivity index (χ2v) is 10.3. The maximum atomic E-state index is 12.5. The Morgan fingerprint density at radius 3 is 2.48 bits per heavy atom. The van der Waals surface area contributed by atoms with Crippen molar-refractivity contribution in [3.05, 3.63) is 100 Å². The molecule has 33 heavy (non-hydrogen) atoms. The van der Waals surface area contributed by atoms with Crippen LogP contribution in [0.15, 0.2) is 74.2 Å². The molecule has 5 nitrogen and oxygen atoms in total. The van der Waals surface area contributed by atoms with Gasteiger partial charge in [-0.2, -0.15) is 0 Å². The van der Waals surface area contributed by atoms with Gasteiger partial charge in [0.15, 0.2) is 11.4 Å². The normalized spacial score (nSPS) is 14.3. The van der Waals surface area contributed by atoms with E-state index in [1.54, 1.807) is 42.5 Å². The van der Waals surface area contributed by atoms with Crippen LogP contribution in [0.4, 0.5) is 0 Å². The molecular weight excluding hydrogens is 688 g/mol. The summed E-state index contributed by atoms with van der Waals surface area (Å²) < 4.78 is 13.0. The van der Waals surface area contributed by atoms with Crippen molar-refractivity contribution in [2.24, 2.45) is 4.99 Å². The van der Waals surface area contributed by atoms with Crippen molar-refractivity contribution in [3.63, 3.8) is 0 Å². The van der Waals surface area contributed by atoms with Gasteiger partial charge in [-0.25, -0.2) is 14.6 Å². The lowest BCUT2D eigenvalue weighted by molar-refractivity contribution is -0.129. The second-order valence-electron chi connectivity index (χ2n) is 6.98. The molecule has 0 aliphatic carbocycles. The lowest BCUT2D eigenvalue weighted by Gasteiger charge is -2.10. The van der Waals surface area contributed by atoms with Crippen LogP contribution < -0.4 is 4.74 Å². The van der Waals surface area contributed by atoms with E-state index in [4.69, 9.17) is 21.1 Å². The third-order valence-electron chi connectivity index (χ3n) is 4.64. The van der Waals surface area contributed by atoms with Gasteiger partial charge in [0, 0.05) is 9.13 Å². The van der Waals surface area contributed by atoms with Gasteiger partial charge in [0.25, 0.3) is 0 Å². The van der Waals surface area contributed by atoms with E-state index in [9.17, 15) is 9.59 Å². The summed E-state index contributed by atoms with van der Waals surface area (Å²) in [6.45, 7) is 1.98. The first-order chi connectivity index (χ1) is 15.7. The van der Waals surface area contributed by atoms with Crippen LogP contribution in [-0.4, -0.2) is 17.8 Å². The average molecular weight is 702 g/mol. The Bertz CT molecular complexity index is 1350. The van der Waals surface area contributed by atoms with Gasteiger partial charge in [-0.3, -0.25) is 0 Å². The highest BCUT2D eigenvalue weighted by molar-refractivity contribution is 14.1. The fourth-order valence-corrected chi connectivity index (χ4v) is 4.94. The van der Waals surface area contributed by atoms with E-state index in [0.29, 0.717) is 19.5 Å². The van der Waals surface area contributed by atoms with Gasteiger partial charge in [0.05, 0.1) is 19.5 Å². The van der Waals surface area contributed by atoms with Gasteiger partial charge in [-0.1, -0.05) is 23.7 Å². The van der Waals surface area contributed by atoms with E-state index in [0.717, 1.165) is 14.7 Å². The molecule has 0 amide bonds. The van der Waals surface area contributed by atoms with Gasteiger partial charge in [0.2, 0.25) is 5.90 Å². The number of hydrogen-bond donors (Lipinski definition) is 0. The second kappa shape index (κ2) is 10.1. The van der Waals surface area contributed by atoms with Crippen molar-refractivity contribution in [1.82, 2.24) is 0 Å². The number of carbonyl (C=O) groups excluding carboxylic acids is 2. The third kappa shape index (κ3) is 5.40. The highest BCUT2D eigenvalue weighted by Crippen LogP contribution is 2.36. The molecule has 0 bridgehead atoms. The first kappa shape index (κ1) is 24.1. The summed E-state index contributed by atoms with van der Waals surface area (Å²) in [5.41, 5.74) is 2.88. The predicted octanol–water partition coefficient (Wildman–Crippen LogP) is 7.34. The highest BCUT2D eigenvalue weighted by atomic mass is 127.